The number of aliphatic hydroxyl groups is 1. The summed E-state index contributed by atoms with van der Waals surface area (Å²) in [5.41, 5.74) is 0. The van der Waals surface area contributed by atoms with Gasteiger partial charge in [-0.2, -0.15) is 0 Å². The van der Waals surface area contributed by atoms with Gasteiger partial charge in [0.25, 0.3) is 0 Å². The van der Waals surface area contributed by atoms with Gasteiger partial charge >= 0.3 is 83.4 Å². The third-order valence-electron chi connectivity index (χ3n) is 2.39. The van der Waals surface area contributed by atoms with Crippen LogP contribution in [0.2, 0.25) is 3.43 Å². The van der Waals surface area contributed by atoms with Crippen molar-refractivity contribution >= 4 is 8.25 Å². The summed E-state index contributed by atoms with van der Waals surface area (Å²) in [5, 5.41) is 9.35. The molecule has 62 valence electrons. The molecule has 0 aromatic rings. The molecule has 2 nitrogen and oxygen atoms in total. The molecule has 0 radical (unpaired) electrons. The Morgan fingerprint density at radius 1 is 1.55 bits per heavy atom. The molecular formula is C7H13ClHgO2. The van der Waals surface area contributed by atoms with E-state index in [2.05, 4.69) is 0 Å². The van der Waals surface area contributed by atoms with Gasteiger partial charge in [-0.05, 0) is 0 Å². The van der Waals surface area contributed by atoms with Crippen LogP contribution in [0.25, 0.3) is 0 Å². The summed E-state index contributed by atoms with van der Waals surface area (Å²) in [6.45, 7) is 0. The molecule has 1 aliphatic rings. The molecule has 1 rings (SSSR count). The number of methoxy groups -OCH3 is 1. The Labute approximate surface area is 83.1 Å². The van der Waals surface area contributed by atoms with Crippen LogP contribution >= 0.6 is 8.25 Å². The second-order valence-electron chi connectivity index (χ2n) is 3.16. The van der Waals surface area contributed by atoms with E-state index in [0.29, 0.717) is 9.53 Å². The van der Waals surface area contributed by atoms with Gasteiger partial charge in [-0.25, -0.2) is 0 Å². The summed E-state index contributed by atoms with van der Waals surface area (Å²) in [6, 6.07) is 0. The summed E-state index contributed by atoms with van der Waals surface area (Å²) < 4.78 is 5.86. The quantitative estimate of drug-likeness (QED) is 0.753. The van der Waals surface area contributed by atoms with Crippen LogP contribution in [-0.2, 0) is 28.1 Å². The van der Waals surface area contributed by atoms with Gasteiger partial charge in [0.1, 0.15) is 0 Å². The maximum absolute atomic E-state index is 9.35. The molecule has 0 aliphatic heterocycles. The van der Waals surface area contributed by atoms with Crippen molar-refractivity contribution in [3.8, 4) is 0 Å². The van der Waals surface area contributed by atoms with E-state index in [4.69, 9.17) is 13.0 Å². The average Bonchev–Trinajstić information content (AvgIpc) is 2.04. The minimum absolute atomic E-state index is 0.106. The molecule has 0 heterocycles. The van der Waals surface area contributed by atoms with Crippen molar-refractivity contribution in [1.82, 2.24) is 0 Å². The van der Waals surface area contributed by atoms with Crippen molar-refractivity contribution in [2.75, 3.05) is 7.11 Å². The van der Waals surface area contributed by atoms with E-state index in [-0.39, 0.29) is 6.10 Å². The van der Waals surface area contributed by atoms with Gasteiger partial charge in [0, 0.05) is 0 Å². The Morgan fingerprint density at radius 3 is 2.82 bits per heavy atom. The summed E-state index contributed by atoms with van der Waals surface area (Å²) in [7, 11) is 7.70. The molecule has 3 atom stereocenters. The van der Waals surface area contributed by atoms with E-state index in [1.165, 1.54) is 0 Å². The summed E-state index contributed by atoms with van der Waals surface area (Å²) >= 11 is -1.21. The van der Waals surface area contributed by atoms with Gasteiger partial charge in [0.15, 0.2) is 0 Å². The fraction of sp³-hybridized carbons (Fsp3) is 1.00. The molecule has 1 fully saturated rings. The van der Waals surface area contributed by atoms with Crippen molar-refractivity contribution in [2.45, 2.75) is 34.9 Å². The Kier molecular flexibility index (Phi) is 4.65. The molecule has 0 amide bonds. The zero-order chi connectivity index (χ0) is 8.27. The standard InChI is InChI=1S/C7H13O2.ClH.Hg/c1-9-7-4-2-6(8)3-5-7;;/h4,6-8H,2-3,5H2,1H3;1H;/q;;+1/p-1/t6-,7-;;/m1../s1. The zero-order valence-corrected chi connectivity index (χ0v) is 13.0. The van der Waals surface area contributed by atoms with Crippen molar-refractivity contribution in [2.24, 2.45) is 0 Å². The number of hydrogen-bond acceptors (Lipinski definition) is 2. The Bertz CT molecular complexity index is 123. The molecule has 0 saturated heterocycles. The van der Waals surface area contributed by atoms with E-state index < -0.39 is 23.3 Å². The second-order valence-corrected chi connectivity index (χ2v) is 11.1. The van der Waals surface area contributed by atoms with Gasteiger partial charge < -0.3 is 0 Å². The van der Waals surface area contributed by atoms with Crippen LogP contribution in [0, 0.1) is 0 Å². The molecular weight excluding hydrogens is 352 g/mol. The van der Waals surface area contributed by atoms with Crippen molar-refractivity contribution in [3.05, 3.63) is 0 Å². The first kappa shape index (κ1) is 10.2. The number of halogens is 1. The normalized spacial score (nSPS) is 38.3. The molecule has 0 spiro atoms. The predicted octanol–water partition coefficient (Wildman–Crippen LogP) is 1.57. The molecule has 0 aromatic carbocycles. The Hall–Kier alpha value is 1.15. The fourth-order valence-electron chi connectivity index (χ4n) is 1.68. The third kappa shape index (κ3) is 2.83. The zero-order valence-electron chi connectivity index (χ0n) is 6.79. The minimum atomic E-state index is -1.21. The van der Waals surface area contributed by atoms with Crippen molar-refractivity contribution in [1.29, 1.82) is 0 Å². The van der Waals surface area contributed by atoms with E-state index in [9.17, 15) is 5.11 Å². The first-order chi connectivity index (χ1) is 5.27. The number of hydrogen-bond donors (Lipinski definition) is 1. The van der Waals surface area contributed by atoms with Gasteiger partial charge in [0.2, 0.25) is 0 Å². The average molecular weight is 365 g/mol. The van der Waals surface area contributed by atoms with Crippen LogP contribution in [-0.4, -0.2) is 24.4 Å². The molecule has 4 heteroatoms. The topological polar surface area (TPSA) is 29.5 Å². The van der Waals surface area contributed by atoms with Crippen molar-refractivity contribution in [3.63, 3.8) is 0 Å². The van der Waals surface area contributed by atoms with Crippen LogP contribution in [0.4, 0.5) is 0 Å². The second kappa shape index (κ2) is 5.00. The van der Waals surface area contributed by atoms with Crippen LogP contribution in [0.5, 0.6) is 0 Å². The summed E-state index contributed by atoms with van der Waals surface area (Å²) in [6.07, 6.45) is 3.03. The first-order valence-corrected chi connectivity index (χ1v) is 14.0. The number of ether oxygens (including phenoxy) is 1. The van der Waals surface area contributed by atoms with Crippen LogP contribution in [0.15, 0.2) is 0 Å². The van der Waals surface area contributed by atoms with E-state index in [1.54, 1.807) is 7.11 Å². The van der Waals surface area contributed by atoms with Gasteiger partial charge in [-0.1, -0.05) is 0 Å². The van der Waals surface area contributed by atoms with Gasteiger partial charge in [-0.15, -0.1) is 0 Å². The molecule has 0 unspecified atom stereocenters. The van der Waals surface area contributed by atoms with Crippen molar-refractivity contribution < 1.29 is 33.2 Å². The van der Waals surface area contributed by atoms with E-state index in [0.717, 1.165) is 19.3 Å². The molecule has 1 aliphatic carbocycles. The Morgan fingerprint density at radius 2 is 2.27 bits per heavy atom. The molecule has 0 bridgehead atoms. The van der Waals surface area contributed by atoms with Crippen LogP contribution in [0.1, 0.15) is 19.3 Å². The fourth-order valence-corrected chi connectivity index (χ4v) is 8.96. The number of aliphatic hydroxyl groups excluding tert-OH is 1. The Balaban J connectivity index is 2.41. The molecule has 11 heavy (non-hydrogen) atoms. The SMILES string of the molecule is CO[C@H]1CC[C@H](O)C[C@@H]1[Hg][Cl]. The van der Waals surface area contributed by atoms with Gasteiger partial charge in [0.05, 0.1) is 0 Å². The van der Waals surface area contributed by atoms with E-state index >= 15 is 0 Å². The van der Waals surface area contributed by atoms with E-state index in [1.807, 2.05) is 0 Å². The summed E-state index contributed by atoms with van der Waals surface area (Å²) in [4.78, 5) is 0. The van der Waals surface area contributed by atoms with Crippen LogP contribution in [0.3, 0.4) is 0 Å². The molecule has 1 saturated carbocycles. The molecule has 1 N–H and O–H groups in total. The maximum atomic E-state index is 9.35. The van der Waals surface area contributed by atoms with Crippen LogP contribution < -0.4 is 0 Å². The van der Waals surface area contributed by atoms with Gasteiger partial charge in [-0.3, -0.25) is 0 Å². The summed E-state index contributed by atoms with van der Waals surface area (Å²) in [5.74, 6) is 0. The number of rotatable bonds is 2. The first-order valence-electron chi connectivity index (χ1n) is 4.04. The predicted molar refractivity (Wildman–Crippen MR) is 40.3 cm³/mol. The third-order valence-corrected chi connectivity index (χ3v) is 10.7. The molecule has 0 aromatic heterocycles. The monoisotopic (exact) mass is 366 g/mol.